The molecule has 1 N–H and O–H groups in total. The van der Waals surface area contributed by atoms with Crippen molar-refractivity contribution in [2.45, 2.75) is 97.3 Å². The number of rotatable bonds is 16. The van der Waals surface area contributed by atoms with Crippen LogP contribution in [0.5, 0.6) is 11.5 Å². The summed E-state index contributed by atoms with van der Waals surface area (Å²) in [6.45, 7) is 5.82. The van der Waals surface area contributed by atoms with Crippen LogP contribution in [0.25, 0.3) is 11.1 Å². The molecule has 0 unspecified atom stereocenters. The first kappa shape index (κ1) is 28.1. The minimum Gasteiger partial charge on any atom is -0.494 e. The number of carboxylic acids is 1. The molecule has 1 fully saturated rings. The highest BCUT2D eigenvalue weighted by Crippen LogP contribution is 2.34. The van der Waals surface area contributed by atoms with Crippen molar-refractivity contribution in [2.75, 3.05) is 13.2 Å². The molecule has 1 aliphatic rings. The molecule has 4 nitrogen and oxygen atoms in total. The van der Waals surface area contributed by atoms with Crippen molar-refractivity contribution in [3.05, 3.63) is 48.0 Å². The lowest BCUT2D eigenvalue weighted by molar-refractivity contribution is 0.0697. The van der Waals surface area contributed by atoms with Crippen molar-refractivity contribution < 1.29 is 19.4 Å². The first-order chi connectivity index (χ1) is 17.6. The topological polar surface area (TPSA) is 55.8 Å². The van der Waals surface area contributed by atoms with Crippen molar-refractivity contribution in [3.63, 3.8) is 0 Å². The largest absolute Gasteiger partial charge is 0.494 e. The van der Waals surface area contributed by atoms with Gasteiger partial charge in [0.05, 0.1) is 18.8 Å². The molecule has 0 bridgehead atoms. The lowest BCUT2D eigenvalue weighted by Crippen LogP contribution is -2.15. The second-order valence-electron chi connectivity index (χ2n) is 10.5. The number of benzene rings is 2. The van der Waals surface area contributed by atoms with Crippen molar-refractivity contribution >= 4 is 5.97 Å². The second-order valence-corrected chi connectivity index (χ2v) is 10.5. The molecule has 0 saturated heterocycles. The summed E-state index contributed by atoms with van der Waals surface area (Å²) in [7, 11) is 0. The van der Waals surface area contributed by atoms with Crippen LogP contribution in [0.4, 0.5) is 0 Å². The van der Waals surface area contributed by atoms with Gasteiger partial charge in [0.2, 0.25) is 0 Å². The fourth-order valence-corrected chi connectivity index (χ4v) is 5.37. The summed E-state index contributed by atoms with van der Waals surface area (Å²) in [6, 6.07) is 13.0. The lowest BCUT2D eigenvalue weighted by atomic mass is 9.78. The molecule has 2 aromatic rings. The molecule has 3 rings (SSSR count). The van der Waals surface area contributed by atoms with Crippen molar-refractivity contribution in [2.24, 2.45) is 11.8 Å². The highest BCUT2D eigenvalue weighted by Gasteiger charge is 2.20. The van der Waals surface area contributed by atoms with Crippen molar-refractivity contribution in [3.8, 4) is 22.6 Å². The van der Waals surface area contributed by atoms with E-state index in [-0.39, 0.29) is 5.56 Å². The highest BCUT2D eigenvalue weighted by molar-refractivity contribution is 5.96. The molecular weight excluding hydrogens is 448 g/mol. The van der Waals surface area contributed by atoms with Crippen LogP contribution in [-0.2, 0) is 0 Å². The molecule has 0 heterocycles. The Balaban J connectivity index is 1.45. The molecular formula is C32H46O4. The molecule has 0 spiro atoms. The molecule has 1 aliphatic carbocycles. The molecule has 2 aromatic carbocycles. The zero-order valence-electron chi connectivity index (χ0n) is 22.5. The van der Waals surface area contributed by atoms with Gasteiger partial charge in [0.1, 0.15) is 11.5 Å². The Hall–Kier alpha value is -2.49. The fraction of sp³-hybridized carbons (Fsp3) is 0.594. The van der Waals surface area contributed by atoms with E-state index in [2.05, 4.69) is 13.8 Å². The van der Waals surface area contributed by atoms with E-state index in [9.17, 15) is 9.90 Å². The summed E-state index contributed by atoms with van der Waals surface area (Å²) in [5.74, 6) is 2.45. The Labute approximate surface area is 218 Å². The van der Waals surface area contributed by atoms with E-state index in [0.717, 1.165) is 55.4 Å². The van der Waals surface area contributed by atoms with Gasteiger partial charge in [-0.15, -0.1) is 0 Å². The number of unbranched alkanes of at least 4 members (excludes halogenated alkanes) is 4. The minimum absolute atomic E-state index is 0.282. The molecule has 0 aromatic heterocycles. The highest BCUT2D eigenvalue weighted by atomic mass is 16.5. The van der Waals surface area contributed by atoms with Gasteiger partial charge in [0, 0.05) is 0 Å². The van der Waals surface area contributed by atoms with Gasteiger partial charge in [-0.05, 0) is 72.6 Å². The Bertz CT molecular complexity index is 897. The smallest absolute Gasteiger partial charge is 0.336 e. The van der Waals surface area contributed by atoms with Gasteiger partial charge in [-0.1, -0.05) is 90.2 Å². The molecule has 0 radical (unpaired) electrons. The number of carboxylic acid groups (broad SMARTS) is 1. The van der Waals surface area contributed by atoms with Crippen LogP contribution < -0.4 is 9.47 Å². The summed E-state index contributed by atoms with van der Waals surface area (Å²) in [5, 5.41) is 9.67. The quantitative estimate of drug-likeness (QED) is 0.236. The number of hydrogen-bond acceptors (Lipinski definition) is 3. The van der Waals surface area contributed by atoms with Crippen LogP contribution in [0.1, 0.15) is 108 Å². The number of aromatic carboxylic acids is 1. The zero-order valence-corrected chi connectivity index (χ0v) is 22.5. The monoisotopic (exact) mass is 494 g/mol. The third kappa shape index (κ3) is 9.19. The van der Waals surface area contributed by atoms with E-state index in [1.807, 2.05) is 30.3 Å². The molecule has 36 heavy (non-hydrogen) atoms. The van der Waals surface area contributed by atoms with Crippen LogP contribution in [0.2, 0.25) is 0 Å². The van der Waals surface area contributed by atoms with Gasteiger partial charge in [0.25, 0.3) is 0 Å². The van der Waals surface area contributed by atoms with E-state index >= 15 is 0 Å². The molecule has 0 amide bonds. The molecule has 1 saturated carbocycles. The summed E-state index contributed by atoms with van der Waals surface area (Å²) in [4.78, 5) is 11.8. The van der Waals surface area contributed by atoms with Crippen molar-refractivity contribution in [1.29, 1.82) is 0 Å². The van der Waals surface area contributed by atoms with E-state index < -0.39 is 5.97 Å². The van der Waals surface area contributed by atoms with Crippen LogP contribution in [-0.4, -0.2) is 24.3 Å². The molecule has 0 atom stereocenters. The summed E-state index contributed by atoms with van der Waals surface area (Å²) >= 11 is 0. The third-order valence-corrected chi connectivity index (χ3v) is 7.61. The third-order valence-electron chi connectivity index (χ3n) is 7.61. The Morgan fingerprint density at radius 3 is 1.94 bits per heavy atom. The fourth-order valence-electron chi connectivity index (χ4n) is 5.37. The maximum atomic E-state index is 11.8. The number of carbonyl (C=O) groups is 1. The molecule has 198 valence electrons. The number of ether oxygens (including phenoxy) is 2. The summed E-state index contributed by atoms with van der Waals surface area (Å²) < 4.78 is 11.9. The van der Waals surface area contributed by atoms with Gasteiger partial charge in [-0.2, -0.15) is 0 Å². The maximum absolute atomic E-state index is 11.8. The van der Waals surface area contributed by atoms with E-state index in [4.69, 9.17) is 9.47 Å². The first-order valence-corrected chi connectivity index (χ1v) is 14.3. The minimum atomic E-state index is -0.933. The first-order valence-electron chi connectivity index (χ1n) is 14.3. The van der Waals surface area contributed by atoms with Gasteiger partial charge < -0.3 is 14.6 Å². The average molecular weight is 495 g/mol. The van der Waals surface area contributed by atoms with Gasteiger partial charge in [-0.25, -0.2) is 4.79 Å². The summed E-state index contributed by atoms with van der Waals surface area (Å²) in [6.07, 6.45) is 16.8. The van der Waals surface area contributed by atoms with Crippen LogP contribution in [0, 0.1) is 11.8 Å². The van der Waals surface area contributed by atoms with E-state index in [0.29, 0.717) is 17.9 Å². The normalized spacial score (nSPS) is 17.6. The standard InChI is InChI=1S/C32H46O4/c1-3-5-7-10-25-12-14-26(15-13-25)11-9-23-35-28-18-16-27(17-19-28)31-24-29(36-22-8-6-4-2)20-21-30(31)32(33)34/h16-21,24-26H,3-15,22-23H2,1-2H3,(H,33,34). The van der Waals surface area contributed by atoms with Gasteiger partial charge in [-0.3, -0.25) is 0 Å². The van der Waals surface area contributed by atoms with E-state index in [1.54, 1.807) is 12.1 Å². The van der Waals surface area contributed by atoms with Crippen molar-refractivity contribution in [1.82, 2.24) is 0 Å². The predicted molar refractivity (Wildman–Crippen MR) is 148 cm³/mol. The van der Waals surface area contributed by atoms with E-state index in [1.165, 1.54) is 57.8 Å². The second kappa shape index (κ2) is 15.6. The number of hydrogen-bond donors (Lipinski definition) is 1. The maximum Gasteiger partial charge on any atom is 0.336 e. The Kier molecular flexibility index (Phi) is 12.2. The lowest BCUT2D eigenvalue weighted by Gasteiger charge is -2.28. The van der Waals surface area contributed by atoms with Gasteiger partial charge in [0.15, 0.2) is 0 Å². The Morgan fingerprint density at radius 2 is 1.31 bits per heavy atom. The van der Waals surface area contributed by atoms with Crippen LogP contribution in [0.3, 0.4) is 0 Å². The predicted octanol–water partition coefficient (Wildman–Crippen LogP) is 9.17. The van der Waals surface area contributed by atoms with Crippen LogP contribution >= 0.6 is 0 Å². The average Bonchev–Trinajstić information content (AvgIpc) is 2.90. The zero-order chi connectivity index (χ0) is 25.6. The van der Waals surface area contributed by atoms with Gasteiger partial charge >= 0.3 is 5.97 Å². The summed E-state index contributed by atoms with van der Waals surface area (Å²) in [5.41, 5.74) is 1.81. The molecule has 4 heteroatoms. The van der Waals surface area contributed by atoms with Crippen LogP contribution in [0.15, 0.2) is 42.5 Å². The SMILES string of the molecule is CCCCCOc1ccc(C(=O)O)c(-c2ccc(OCCCC3CCC(CCCCC)CC3)cc2)c1. The Morgan fingerprint density at radius 1 is 0.750 bits per heavy atom. The molecule has 0 aliphatic heterocycles.